The number of nitrogens with two attached hydrogens (primary N) is 1. The molecule has 1 saturated heterocycles. The van der Waals surface area contributed by atoms with Gasteiger partial charge in [0.1, 0.15) is 0 Å². The molecular formula is C11H23ClN2O2. The molecule has 0 aliphatic carbocycles. The number of hydrogen-bond donors (Lipinski definition) is 2. The Morgan fingerprint density at radius 3 is 2.62 bits per heavy atom. The van der Waals surface area contributed by atoms with E-state index in [-0.39, 0.29) is 35.9 Å². The van der Waals surface area contributed by atoms with Crippen LogP contribution >= 0.6 is 12.4 Å². The van der Waals surface area contributed by atoms with E-state index in [0.717, 1.165) is 19.4 Å². The molecule has 0 aromatic carbocycles. The Morgan fingerprint density at radius 1 is 1.56 bits per heavy atom. The molecule has 0 saturated carbocycles. The van der Waals surface area contributed by atoms with Crippen LogP contribution in [0.4, 0.5) is 0 Å². The molecule has 1 heterocycles. The maximum absolute atomic E-state index is 11.6. The maximum Gasteiger partial charge on any atom is 0.224 e. The summed E-state index contributed by atoms with van der Waals surface area (Å²) in [6.45, 7) is 7.12. The Hall–Kier alpha value is -0.320. The van der Waals surface area contributed by atoms with Gasteiger partial charge in [-0.3, -0.25) is 4.79 Å². The molecule has 3 atom stereocenters. The average Bonchev–Trinajstić information content (AvgIpc) is 2.61. The zero-order valence-electron chi connectivity index (χ0n) is 10.3. The lowest BCUT2D eigenvalue weighted by molar-refractivity contribution is -0.126. The maximum atomic E-state index is 11.6. The van der Waals surface area contributed by atoms with Gasteiger partial charge in [0.05, 0.1) is 5.60 Å². The minimum atomic E-state index is -0.173. The van der Waals surface area contributed by atoms with Gasteiger partial charge in [-0.15, -0.1) is 12.4 Å². The number of ether oxygens (including phenoxy) is 1. The number of carbonyl (C=O) groups excluding carboxylic acids is 1. The second kappa shape index (κ2) is 6.42. The number of halogens is 1. The Labute approximate surface area is 104 Å². The number of amides is 1. The fourth-order valence-corrected chi connectivity index (χ4v) is 1.65. The minimum absolute atomic E-state index is 0. The molecule has 3 N–H and O–H groups in total. The summed E-state index contributed by atoms with van der Waals surface area (Å²) in [6.07, 6.45) is 2.09. The first-order chi connectivity index (χ1) is 6.94. The number of hydrogen-bond acceptors (Lipinski definition) is 3. The van der Waals surface area contributed by atoms with Gasteiger partial charge in [0.2, 0.25) is 5.91 Å². The van der Waals surface area contributed by atoms with E-state index in [9.17, 15) is 4.79 Å². The van der Waals surface area contributed by atoms with E-state index < -0.39 is 0 Å². The Bertz CT molecular complexity index is 228. The summed E-state index contributed by atoms with van der Waals surface area (Å²) in [5, 5.41) is 2.90. The van der Waals surface area contributed by atoms with Gasteiger partial charge in [-0.05, 0) is 26.7 Å². The van der Waals surface area contributed by atoms with Gasteiger partial charge in [-0.25, -0.2) is 0 Å². The molecule has 0 aromatic rings. The molecule has 0 spiro atoms. The highest BCUT2D eigenvalue weighted by Gasteiger charge is 2.30. The smallest absolute Gasteiger partial charge is 0.224 e. The first kappa shape index (κ1) is 15.7. The zero-order chi connectivity index (χ0) is 11.5. The third-order valence-electron chi connectivity index (χ3n) is 3.14. The lowest BCUT2D eigenvalue weighted by Crippen LogP contribution is -2.45. The summed E-state index contributed by atoms with van der Waals surface area (Å²) >= 11 is 0. The van der Waals surface area contributed by atoms with Gasteiger partial charge in [-0.1, -0.05) is 6.92 Å². The van der Waals surface area contributed by atoms with E-state index in [1.54, 1.807) is 0 Å². The number of rotatable bonds is 4. The number of nitrogens with one attached hydrogen (secondary N) is 1. The van der Waals surface area contributed by atoms with Crippen molar-refractivity contribution in [1.82, 2.24) is 5.32 Å². The fourth-order valence-electron chi connectivity index (χ4n) is 1.65. The summed E-state index contributed by atoms with van der Waals surface area (Å²) in [5.74, 6) is -0.128. The van der Waals surface area contributed by atoms with Gasteiger partial charge in [-0.2, -0.15) is 0 Å². The van der Waals surface area contributed by atoms with Crippen LogP contribution in [0.1, 0.15) is 33.6 Å². The molecule has 1 fully saturated rings. The number of carbonyl (C=O) groups is 1. The summed E-state index contributed by atoms with van der Waals surface area (Å²) in [4.78, 5) is 11.6. The molecule has 5 heteroatoms. The van der Waals surface area contributed by atoms with E-state index >= 15 is 0 Å². The summed E-state index contributed by atoms with van der Waals surface area (Å²) in [5.41, 5.74) is 5.49. The van der Waals surface area contributed by atoms with Crippen molar-refractivity contribution in [3.8, 4) is 0 Å². The summed E-state index contributed by atoms with van der Waals surface area (Å²) < 4.78 is 5.59. The van der Waals surface area contributed by atoms with Crippen molar-refractivity contribution in [2.24, 2.45) is 11.7 Å². The molecule has 3 unspecified atom stereocenters. The molecule has 1 aliphatic heterocycles. The first-order valence-corrected chi connectivity index (χ1v) is 5.62. The van der Waals surface area contributed by atoms with Crippen molar-refractivity contribution in [3.05, 3.63) is 0 Å². The predicted octanol–water partition coefficient (Wildman–Crippen LogP) is 1.08. The van der Waals surface area contributed by atoms with Gasteiger partial charge < -0.3 is 15.8 Å². The quantitative estimate of drug-likeness (QED) is 0.785. The summed E-state index contributed by atoms with van der Waals surface area (Å²) in [6, 6.07) is -0.109. The normalized spacial score (nSPS) is 28.0. The molecular weight excluding hydrogens is 228 g/mol. The van der Waals surface area contributed by atoms with Crippen LogP contribution in [0.3, 0.4) is 0 Å². The van der Waals surface area contributed by atoms with Gasteiger partial charge in [0.25, 0.3) is 0 Å². The van der Waals surface area contributed by atoms with E-state index in [1.807, 2.05) is 20.8 Å². The van der Waals surface area contributed by atoms with Crippen molar-refractivity contribution in [1.29, 1.82) is 0 Å². The fraction of sp³-hybridized carbons (Fsp3) is 0.909. The van der Waals surface area contributed by atoms with Crippen LogP contribution < -0.4 is 11.1 Å². The molecule has 16 heavy (non-hydrogen) atoms. The molecule has 1 rings (SSSR count). The van der Waals surface area contributed by atoms with Crippen LogP contribution in [-0.2, 0) is 9.53 Å². The van der Waals surface area contributed by atoms with Gasteiger partial charge >= 0.3 is 0 Å². The molecule has 0 radical (unpaired) electrons. The van der Waals surface area contributed by atoms with E-state index in [1.165, 1.54) is 0 Å². The third kappa shape index (κ3) is 4.28. The van der Waals surface area contributed by atoms with E-state index in [2.05, 4.69) is 5.32 Å². The van der Waals surface area contributed by atoms with E-state index in [0.29, 0.717) is 6.54 Å². The molecule has 1 aliphatic rings. The molecule has 4 nitrogen and oxygen atoms in total. The first-order valence-electron chi connectivity index (χ1n) is 5.62. The Kier molecular flexibility index (Phi) is 6.30. The molecule has 1 amide bonds. The van der Waals surface area contributed by atoms with Crippen LogP contribution in [0, 0.1) is 5.92 Å². The van der Waals surface area contributed by atoms with Crippen LogP contribution in [0.2, 0.25) is 0 Å². The predicted molar refractivity (Wildman–Crippen MR) is 66.7 cm³/mol. The minimum Gasteiger partial charge on any atom is -0.373 e. The van der Waals surface area contributed by atoms with E-state index in [4.69, 9.17) is 10.5 Å². The third-order valence-corrected chi connectivity index (χ3v) is 3.14. The largest absolute Gasteiger partial charge is 0.373 e. The molecule has 0 aromatic heterocycles. The van der Waals surface area contributed by atoms with Crippen LogP contribution in [0.5, 0.6) is 0 Å². The molecule has 0 bridgehead atoms. The highest BCUT2D eigenvalue weighted by atomic mass is 35.5. The monoisotopic (exact) mass is 250 g/mol. The lowest BCUT2D eigenvalue weighted by atomic mass is 10.0. The van der Waals surface area contributed by atoms with Gasteiger partial charge in [0.15, 0.2) is 0 Å². The van der Waals surface area contributed by atoms with Crippen LogP contribution in [0.25, 0.3) is 0 Å². The van der Waals surface area contributed by atoms with Crippen molar-refractivity contribution >= 4 is 18.3 Å². The molecule has 96 valence electrons. The van der Waals surface area contributed by atoms with Crippen molar-refractivity contribution in [2.75, 3.05) is 13.2 Å². The second-order valence-corrected chi connectivity index (χ2v) is 4.77. The Balaban J connectivity index is 0.00000225. The topological polar surface area (TPSA) is 64.4 Å². The van der Waals surface area contributed by atoms with Crippen LogP contribution in [-0.4, -0.2) is 30.7 Å². The standard InChI is InChI=1S/C11H22N2O2.ClH/c1-8(9(2)12)10(14)13-7-11(3)5-4-6-15-11;/h8-9H,4-7,12H2,1-3H3,(H,13,14);1H. The van der Waals surface area contributed by atoms with Gasteiger partial charge in [0, 0.05) is 25.1 Å². The van der Waals surface area contributed by atoms with Crippen molar-refractivity contribution < 1.29 is 9.53 Å². The van der Waals surface area contributed by atoms with Crippen molar-refractivity contribution in [3.63, 3.8) is 0 Å². The second-order valence-electron chi connectivity index (χ2n) is 4.77. The average molecular weight is 251 g/mol. The van der Waals surface area contributed by atoms with Crippen LogP contribution in [0.15, 0.2) is 0 Å². The Morgan fingerprint density at radius 2 is 2.19 bits per heavy atom. The van der Waals surface area contributed by atoms with Crippen molar-refractivity contribution in [2.45, 2.75) is 45.3 Å². The lowest BCUT2D eigenvalue weighted by Gasteiger charge is -2.25. The zero-order valence-corrected chi connectivity index (χ0v) is 11.1. The highest BCUT2D eigenvalue weighted by Crippen LogP contribution is 2.23. The SMILES string of the molecule is CC(N)C(C)C(=O)NCC1(C)CCCO1.Cl. The summed E-state index contributed by atoms with van der Waals surface area (Å²) in [7, 11) is 0. The highest BCUT2D eigenvalue weighted by molar-refractivity contribution is 5.85.